The van der Waals surface area contributed by atoms with Crippen molar-refractivity contribution >= 4 is 25.6 Å². The highest BCUT2D eigenvalue weighted by molar-refractivity contribution is 6.87. The third kappa shape index (κ3) is 2.25. The summed E-state index contributed by atoms with van der Waals surface area (Å²) in [5.74, 6) is -0.719. The van der Waals surface area contributed by atoms with Gasteiger partial charge in [-0.2, -0.15) is 0 Å². The van der Waals surface area contributed by atoms with Gasteiger partial charge in [-0.3, -0.25) is 9.59 Å². The fraction of sp³-hybridized carbons (Fsp3) is 0.467. The molecule has 0 unspecified atom stereocenters. The van der Waals surface area contributed by atoms with Gasteiger partial charge in [-0.15, -0.1) is 0 Å². The van der Waals surface area contributed by atoms with E-state index >= 15 is 0 Å². The lowest BCUT2D eigenvalue weighted by atomic mass is 9.86. The third-order valence-corrected chi connectivity index (χ3v) is 5.20. The van der Waals surface area contributed by atoms with E-state index in [2.05, 4.69) is 40.4 Å². The number of carbonyl (C=O) groups is 2. The first-order valence-corrected chi connectivity index (χ1v) is 10.0. The number of Topliss-reactive ketones (excluding diaryl/α,β-unsaturated/α-hetero) is 1. The van der Waals surface area contributed by atoms with Crippen molar-refractivity contribution in [2.75, 3.05) is 4.57 Å². The molecule has 0 bridgehead atoms. The summed E-state index contributed by atoms with van der Waals surface area (Å²) in [7, 11) is -1.88. The molecule has 0 aliphatic carbocycles. The fourth-order valence-electron chi connectivity index (χ4n) is 2.37. The van der Waals surface area contributed by atoms with Crippen molar-refractivity contribution in [3.63, 3.8) is 0 Å². The van der Waals surface area contributed by atoms with Gasteiger partial charge in [0.05, 0.1) is 5.56 Å². The number of carbonyl (C=O) groups excluding carboxylic acids is 2. The summed E-state index contributed by atoms with van der Waals surface area (Å²) in [4.78, 5) is 24.3. The maximum Gasteiger partial charge on any atom is 0.291 e. The summed E-state index contributed by atoms with van der Waals surface area (Å²) in [6.45, 7) is 12.5. The van der Waals surface area contributed by atoms with Crippen molar-refractivity contribution < 1.29 is 9.59 Å². The zero-order valence-corrected chi connectivity index (χ0v) is 13.5. The molecule has 0 saturated heterocycles. The molecule has 1 aliphatic heterocycles. The van der Waals surface area contributed by atoms with E-state index in [-0.39, 0.29) is 17.1 Å². The molecule has 0 fully saturated rings. The summed E-state index contributed by atoms with van der Waals surface area (Å²) < 4.78 is 1.73. The van der Waals surface area contributed by atoms with Crippen LogP contribution in [-0.2, 0) is 10.2 Å². The van der Waals surface area contributed by atoms with Gasteiger partial charge in [-0.25, -0.2) is 0 Å². The normalized spacial score (nSPS) is 16.0. The molecule has 0 N–H and O–H groups in total. The number of hydrogen-bond donors (Lipinski definition) is 0. The Balaban J connectivity index is 2.60. The van der Waals surface area contributed by atoms with Crippen LogP contribution in [0.4, 0.5) is 5.69 Å². The highest BCUT2D eigenvalue weighted by Crippen LogP contribution is 2.36. The summed E-state index contributed by atoms with van der Waals surface area (Å²) in [5, 5.41) is 0. The Labute approximate surface area is 115 Å². The highest BCUT2D eigenvalue weighted by Gasteiger charge is 2.42. The van der Waals surface area contributed by atoms with E-state index in [1.54, 1.807) is 4.57 Å². The van der Waals surface area contributed by atoms with Crippen LogP contribution < -0.4 is 4.57 Å². The van der Waals surface area contributed by atoms with Crippen LogP contribution in [-0.4, -0.2) is 19.9 Å². The van der Waals surface area contributed by atoms with Crippen LogP contribution in [0.2, 0.25) is 19.6 Å². The Morgan fingerprint density at radius 1 is 1.05 bits per heavy atom. The predicted octanol–water partition coefficient (Wildman–Crippen LogP) is 3.35. The van der Waals surface area contributed by atoms with Gasteiger partial charge in [0.25, 0.3) is 11.7 Å². The number of ketones is 1. The summed E-state index contributed by atoms with van der Waals surface area (Å²) >= 11 is 0. The molecule has 0 atom stereocenters. The molecule has 1 aliphatic rings. The minimum absolute atomic E-state index is 0.0229. The van der Waals surface area contributed by atoms with Crippen LogP contribution in [0, 0.1) is 0 Å². The van der Waals surface area contributed by atoms with Gasteiger partial charge in [0, 0.05) is 5.69 Å². The smallest absolute Gasteiger partial charge is 0.291 e. The SMILES string of the molecule is CC(C)(C)c1ccc2c(c1)C(=O)C(=O)N2[Si](C)(C)C. The van der Waals surface area contributed by atoms with E-state index in [1.807, 2.05) is 18.2 Å². The number of anilines is 1. The van der Waals surface area contributed by atoms with Crippen molar-refractivity contribution in [1.29, 1.82) is 0 Å². The number of benzene rings is 1. The van der Waals surface area contributed by atoms with Crippen LogP contribution in [0.15, 0.2) is 18.2 Å². The molecule has 0 saturated carbocycles. The fourth-order valence-corrected chi connectivity index (χ4v) is 4.00. The Morgan fingerprint density at radius 2 is 1.63 bits per heavy atom. The van der Waals surface area contributed by atoms with Gasteiger partial charge in [0.15, 0.2) is 8.24 Å². The number of rotatable bonds is 1. The van der Waals surface area contributed by atoms with Crippen molar-refractivity contribution in [3.05, 3.63) is 29.3 Å². The summed E-state index contributed by atoms with van der Waals surface area (Å²) in [5.41, 5.74) is 2.43. The van der Waals surface area contributed by atoms with E-state index in [4.69, 9.17) is 0 Å². The van der Waals surface area contributed by atoms with Gasteiger partial charge in [0.1, 0.15) is 0 Å². The second-order valence-electron chi connectivity index (χ2n) is 7.12. The number of hydrogen-bond acceptors (Lipinski definition) is 2. The minimum atomic E-state index is -1.88. The summed E-state index contributed by atoms with van der Waals surface area (Å²) in [6, 6.07) is 5.84. The Hall–Kier alpha value is -1.42. The highest BCUT2D eigenvalue weighted by atomic mass is 28.3. The molecule has 102 valence electrons. The first kappa shape index (κ1) is 14.0. The lowest BCUT2D eigenvalue weighted by molar-refractivity contribution is -0.113. The number of fused-ring (bicyclic) bond motifs is 1. The predicted molar refractivity (Wildman–Crippen MR) is 80.3 cm³/mol. The molecule has 1 heterocycles. The van der Waals surface area contributed by atoms with Gasteiger partial charge < -0.3 is 4.57 Å². The molecule has 3 nitrogen and oxygen atoms in total. The third-order valence-electron chi connectivity index (χ3n) is 3.42. The minimum Gasteiger partial charge on any atom is -0.333 e. The molecule has 1 aromatic carbocycles. The van der Waals surface area contributed by atoms with Crippen LogP contribution >= 0.6 is 0 Å². The standard InChI is InChI=1S/C15H21NO2Si/c1-15(2,3)10-7-8-12-11(9-10)13(17)14(18)16(12)19(4,5)6/h7-9H,1-6H3. The average molecular weight is 275 g/mol. The second kappa shape index (κ2) is 4.03. The molecular weight excluding hydrogens is 254 g/mol. The van der Waals surface area contributed by atoms with Crippen molar-refractivity contribution in [1.82, 2.24) is 0 Å². The first-order chi connectivity index (χ1) is 8.53. The molecule has 4 heteroatoms. The Morgan fingerprint density at radius 3 is 2.11 bits per heavy atom. The van der Waals surface area contributed by atoms with E-state index in [0.29, 0.717) is 5.56 Å². The van der Waals surface area contributed by atoms with E-state index in [1.165, 1.54) is 0 Å². The monoisotopic (exact) mass is 275 g/mol. The topological polar surface area (TPSA) is 37.4 Å². The maximum atomic E-state index is 12.2. The van der Waals surface area contributed by atoms with Crippen molar-refractivity contribution in [2.24, 2.45) is 0 Å². The molecule has 0 aromatic heterocycles. The van der Waals surface area contributed by atoms with Crippen molar-refractivity contribution in [2.45, 2.75) is 45.8 Å². The van der Waals surface area contributed by atoms with Crippen molar-refractivity contribution in [3.8, 4) is 0 Å². The zero-order valence-electron chi connectivity index (χ0n) is 12.5. The second-order valence-corrected chi connectivity index (χ2v) is 11.9. The Kier molecular flexibility index (Phi) is 2.97. The molecule has 0 radical (unpaired) electrons. The van der Waals surface area contributed by atoms with Gasteiger partial charge in [-0.1, -0.05) is 46.5 Å². The van der Waals surface area contributed by atoms with Gasteiger partial charge in [-0.05, 0) is 23.1 Å². The molecule has 1 amide bonds. The van der Waals surface area contributed by atoms with Gasteiger partial charge in [0.2, 0.25) is 0 Å². The molecule has 1 aromatic rings. The quantitative estimate of drug-likeness (QED) is 0.582. The van der Waals surface area contributed by atoms with Crippen LogP contribution in [0.1, 0.15) is 36.7 Å². The van der Waals surface area contributed by atoms with Crippen LogP contribution in [0.3, 0.4) is 0 Å². The summed E-state index contributed by atoms with van der Waals surface area (Å²) in [6.07, 6.45) is 0. The number of amides is 1. The molecular formula is C15H21NO2Si. The lowest BCUT2D eigenvalue weighted by Crippen LogP contribution is -2.49. The molecule has 19 heavy (non-hydrogen) atoms. The molecule has 2 rings (SSSR count). The first-order valence-electron chi connectivity index (χ1n) is 6.57. The molecule has 0 spiro atoms. The largest absolute Gasteiger partial charge is 0.333 e. The Bertz CT molecular complexity index is 564. The number of nitrogens with zero attached hydrogens (tertiary/aromatic N) is 1. The van der Waals surface area contributed by atoms with E-state index < -0.39 is 8.24 Å². The van der Waals surface area contributed by atoms with E-state index in [0.717, 1.165) is 11.3 Å². The average Bonchev–Trinajstić information content (AvgIpc) is 2.49. The van der Waals surface area contributed by atoms with Gasteiger partial charge >= 0.3 is 0 Å². The van der Waals surface area contributed by atoms with Crippen LogP contribution in [0.25, 0.3) is 0 Å². The van der Waals surface area contributed by atoms with E-state index in [9.17, 15) is 9.59 Å². The maximum absolute atomic E-state index is 12.2. The lowest BCUT2D eigenvalue weighted by Gasteiger charge is -2.30. The van der Waals surface area contributed by atoms with Crippen LogP contribution in [0.5, 0.6) is 0 Å². The zero-order chi connectivity index (χ0) is 14.6.